The molecule has 0 aliphatic carbocycles. The Morgan fingerprint density at radius 2 is 1.90 bits per heavy atom. The van der Waals surface area contributed by atoms with Crippen molar-refractivity contribution in [2.75, 3.05) is 12.4 Å². The quantitative estimate of drug-likeness (QED) is 0.845. The summed E-state index contributed by atoms with van der Waals surface area (Å²) in [6, 6.07) is 1.47. The molecule has 20 heavy (non-hydrogen) atoms. The van der Waals surface area contributed by atoms with Crippen LogP contribution in [0.4, 0.5) is 13.2 Å². The predicted molar refractivity (Wildman–Crippen MR) is 63.4 cm³/mol. The summed E-state index contributed by atoms with van der Waals surface area (Å²) in [6.07, 6.45) is 0. The third-order valence-corrected chi connectivity index (χ3v) is 3.52. The molecule has 1 unspecified atom stereocenters. The van der Waals surface area contributed by atoms with Gasteiger partial charge in [-0.2, -0.15) is 4.98 Å². The summed E-state index contributed by atoms with van der Waals surface area (Å²) in [7, 11) is -1.38. The van der Waals surface area contributed by atoms with Crippen LogP contribution < -0.4 is 0 Å². The van der Waals surface area contributed by atoms with Gasteiger partial charge >= 0.3 is 0 Å². The molecule has 108 valence electrons. The van der Waals surface area contributed by atoms with Gasteiger partial charge in [0.1, 0.15) is 5.75 Å². The van der Waals surface area contributed by atoms with Gasteiger partial charge in [-0.15, -0.1) is 0 Å². The van der Waals surface area contributed by atoms with Crippen LogP contribution in [-0.4, -0.2) is 31.8 Å². The van der Waals surface area contributed by atoms with Gasteiger partial charge in [0.25, 0.3) is 0 Å². The number of halogens is 3. The lowest BCUT2D eigenvalue weighted by atomic mass is 10.2. The number of benzene rings is 1. The highest BCUT2D eigenvalue weighted by atomic mass is 32.2. The Kier molecular flexibility index (Phi) is 4.50. The maximum atomic E-state index is 13.1. The normalized spacial score (nSPS) is 12.6. The highest BCUT2D eigenvalue weighted by Gasteiger charge is 2.16. The van der Waals surface area contributed by atoms with E-state index in [4.69, 9.17) is 9.63 Å². The van der Waals surface area contributed by atoms with E-state index in [1.54, 1.807) is 0 Å². The largest absolute Gasteiger partial charge is 0.395 e. The van der Waals surface area contributed by atoms with E-state index in [0.717, 1.165) is 12.1 Å². The number of rotatable bonds is 5. The summed E-state index contributed by atoms with van der Waals surface area (Å²) < 4.78 is 55.1. The second-order valence-electron chi connectivity index (χ2n) is 3.78. The van der Waals surface area contributed by atoms with Crippen molar-refractivity contribution in [1.82, 2.24) is 10.1 Å². The fraction of sp³-hybridized carbons (Fsp3) is 0.273. The van der Waals surface area contributed by atoms with E-state index in [9.17, 15) is 17.4 Å². The molecule has 9 heteroatoms. The maximum absolute atomic E-state index is 13.1. The van der Waals surface area contributed by atoms with Gasteiger partial charge in [0.2, 0.25) is 11.7 Å². The summed E-state index contributed by atoms with van der Waals surface area (Å²) >= 11 is 0. The zero-order chi connectivity index (χ0) is 14.7. The van der Waals surface area contributed by atoms with E-state index >= 15 is 0 Å². The van der Waals surface area contributed by atoms with Gasteiger partial charge < -0.3 is 9.63 Å². The number of hydrogen-bond acceptors (Lipinski definition) is 5. The molecular weight excluding hydrogens is 297 g/mol. The first-order chi connectivity index (χ1) is 9.51. The Hall–Kier alpha value is -1.74. The van der Waals surface area contributed by atoms with Crippen LogP contribution in [0.15, 0.2) is 16.7 Å². The minimum Gasteiger partial charge on any atom is -0.395 e. The highest BCUT2D eigenvalue weighted by Crippen LogP contribution is 2.21. The number of hydrogen-bond donors (Lipinski definition) is 1. The van der Waals surface area contributed by atoms with Crippen LogP contribution in [0.1, 0.15) is 5.89 Å². The van der Waals surface area contributed by atoms with Gasteiger partial charge in [0.05, 0.1) is 6.61 Å². The lowest BCUT2D eigenvalue weighted by molar-refractivity contribution is 0.321. The fourth-order valence-electron chi connectivity index (χ4n) is 1.43. The van der Waals surface area contributed by atoms with Crippen LogP contribution >= 0.6 is 0 Å². The van der Waals surface area contributed by atoms with Gasteiger partial charge in [-0.25, -0.2) is 13.2 Å². The van der Waals surface area contributed by atoms with Crippen LogP contribution in [0.5, 0.6) is 0 Å². The van der Waals surface area contributed by atoms with Crippen molar-refractivity contribution in [3.8, 4) is 11.4 Å². The number of aromatic nitrogens is 2. The second-order valence-corrected chi connectivity index (χ2v) is 5.35. The number of aliphatic hydroxyl groups excluding tert-OH is 1. The minimum absolute atomic E-state index is 0.00285. The van der Waals surface area contributed by atoms with Crippen molar-refractivity contribution in [2.45, 2.75) is 5.75 Å². The van der Waals surface area contributed by atoms with Gasteiger partial charge in [-0.05, 0) is 12.1 Å². The molecule has 1 N–H and O–H groups in total. The van der Waals surface area contributed by atoms with Gasteiger partial charge in [0, 0.05) is 22.1 Å². The van der Waals surface area contributed by atoms with Crippen LogP contribution in [0.3, 0.4) is 0 Å². The Morgan fingerprint density at radius 3 is 2.50 bits per heavy atom. The first kappa shape index (κ1) is 14.7. The highest BCUT2D eigenvalue weighted by molar-refractivity contribution is 7.84. The van der Waals surface area contributed by atoms with Crippen LogP contribution in [-0.2, 0) is 16.6 Å². The van der Waals surface area contributed by atoms with Crippen molar-refractivity contribution >= 4 is 10.8 Å². The Balaban J connectivity index is 2.22. The summed E-state index contributed by atoms with van der Waals surface area (Å²) in [5.41, 5.74) is -0.0932. The average Bonchev–Trinajstić information content (AvgIpc) is 2.84. The SMILES string of the molecule is O=S(CCO)Cc1nc(-c2cc(F)c(F)c(F)c2)no1. The maximum Gasteiger partial charge on any atom is 0.239 e. The summed E-state index contributed by atoms with van der Waals surface area (Å²) in [6.45, 7) is -0.248. The molecule has 0 saturated carbocycles. The molecule has 0 aliphatic rings. The molecule has 0 aliphatic heterocycles. The predicted octanol–water partition coefficient (Wildman–Crippen LogP) is 1.39. The minimum atomic E-state index is -1.58. The fourth-order valence-corrected chi connectivity index (χ4v) is 2.17. The Labute approximate surface area is 113 Å². The van der Waals surface area contributed by atoms with Crippen LogP contribution in [0.25, 0.3) is 11.4 Å². The van der Waals surface area contributed by atoms with Gasteiger partial charge in [-0.3, -0.25) is 4.21 Å². The molecule has 1 atom stereocenters. The molecule has 2 rings (SSSR count). The van der Waals surface area contributed by atoms with E-state index in [0.29, 0.717) is 0 Å². The van der Waals surface area contributed by atoms with E-state index < -0.39 is 28.3 Å². The molecule has 0 amide bonds. The summed E-state index contributed by atoms with van der Waals surface area (Å²) in [4.78, 5) is 3.81. The first-order valence-electron chi connectivity index (χ1n) is 5.44. The Bertz CT molecular complexity index is 625. The number of nitrogens with zero attached hydrogens (tertiary/aromatic N) is 2. The van der Waals surface area contributed by atoms with Crippen molar-refractivity contribution < 1.29 is 27.0 Å². The van der Waals surface area contributed by atoms with Crippen LogP contribution in [0.2, 0.25) is 0 Å². The zero-order valence-corrected chi connectivity index (χ0v) is 10.8. The number of aliphatic hydroxyl groups is 1. The van der Waals surface area contributed by atoms with Crippen molar-refractivity contribution in [2.24, 2.45) is 0 Å². The molecule has 2 aromatic rings. The third kappa shape index (κ3) is 3.23. The molecule has 0 fully saturated rings. The Morgan fingerprint density at radius 1 is 1.25 bits per heavy atom. The smallest absolute Gasteiger partial charge is 0.239 e. The monoisotopic (exact) mass is 306 g/mol. The molecule has 1 aromatic carbocycles. The summed E-state index contributed by atoms with van der Waals surface area (Å²) in [5.74, 6) is -4.49. The van der Waals surface area contributed by atoms with Crippen molar-refractivity contribution in [1.29, 1.82) is 0 Å². The molecule has 0 saturated heterocycles. The van der Waals surface area contributed by atoms with Crippen molar-refractivity contribution in [3.05, 3.63) is 35.5 Å². The molecule has 1 aromatic heterocycles. The average molecular weight is 306 g/mol. The third-order valence-electron chi connectivity index (χ3n) is 2.31. The molecular formula is C11H9F3N2O3S. The van der Waals surface area contributed by atoms with Gasteiger partial charge in [-0.1, -0.05) is 5.16 Å². The summed E-state index contributed by atoms with van der Waals surface area (Å²) in [5, 5.41) is 12.1. The molecule has 0 radical (unpaired) electrons. The first-order valence-corrected chi connectivity index (χ1v) is 6.93. The standard InChI is InChI=1S/C11H9F3N2O3S/c12-7-3-6(4-8(13)10(7)14)11-15-9(19-16-11)5-20(18)2-1-17/h3-4,17H,1-2,5H2. The molecule has 5 nitrogen and oxygen atoms in total. The lowest BCUT2D eigenvalue weighted by Crippen LogP contribution is -2.04. The van der Waals surface area contributed by atoms with E-state index in [2.05, 4.69) is 10.1 Å². The topological polar surface area (TPSA) is 76.2 Å². The second kappa shape index (κ2) is 6.14. The van der Waals surface area contributed by atoms with Crippen molar-refractivity contribution in [3.63, 3.8) is 0 Å². The van der Waals surface area contributed by atoms with E-state index in [-0.39, 0.29) is 35.4 Å². The molecule has 0 spiro atoms. The lowest BCUT2D eigenvalue weighted by Gasteiger charge is -1.98. The zero-order valence-electron chi connectivity index (χ0n) is 9.98. The van der Waals surface area contributed by atoms with E-state index in [1.165, 1.54) is 0 Å². The molecule has 0 bridgehead atoms. The van der Waals surface area contributed by atoms with Gasteiger partial charge in [0.15, 0.2) is 17.5 Å². The molecule has 1 heterocycles. The van der Waals surface area contributed by atoms with E-state index in [1.807, 2.05) is 0 Å². The van der Waals surface area contributed by atoms with Crippen LogP contribution in [0, 0.1) is 17.5 Å².